The number of carbonyl (C=O) groups is 1. The number of anilines is 3. The Balaban J connectivity index is 1.91. The first-order valence-electron chi connectivity index (χ1n) is 8.81. The summed E-state index contributed by atoms with van der Waals surface area (Å²) >= 11 is 6.15. The number of fused-ring (bicyclic) bond motifs is 1. The highest BCUT2D eigenvalue weighted by molar-refractivity contribution is 6.31. The third-order valence-corrected chi connectivity index (χ3v) is 5.05. The first kappa shape index (κ1) is 19.0. The third kappa shape index (κ3) is 3.34. The Bertz CT molecular complexity index is 1180. The van der Waals surface area contributed by atoms with Crippen LogP contribution in [-0.2, 0) is 0 Å². The monoisotopic (exact) mass is 413 g/mol. The van der Waals surface area contributed by atoms with Gasteiger partial charge in [-0.15, -0.1) is 0 Å². The molecule has 2 aromatic carbocycles. The van der Waals surface area contributed by atoms with Gasteiger partial charge in [0, 0.05) is 22.8 Å². The second-order valence-corrected chi connectivity index (χ2v) is 7.05. The zero-order chi connectivity index (χ0) is 20.7. The number of rotatable bonds is 3. The van der Waals surface area contributed by atoms with Gasteiger partial charge >= 0.3 is 0 Å². The van der Waals surface area contributed by atoms with E-state index in [4.69, 9.17) is 16.3 Å². The Hall–Kier alpha value is -3.32. The van der Waals surface area contributed by atoms with Gasteiger partial charge in [0.15, 0.2) is 0 Å². The summed E-state index contributed by atoms with van der Waals surface area (Å²) in [6.45, 7) is 1.86. The predicted molar refractivity (Wildman–Crippen MR) is 110 cm³/mol. The van der Waals surface area contributed by atoms with Crippen LogP contribution in [0.1, 0.15) is 16.1 Å². The summed E-state index contributed by atoms with van der Waals surface area (Å²) < 4.78 is 19.1. The molecule has 6 nitrogen and oxygen atoms in total. The van der Waals surface area contributed by atoms with Gasteiger partial charge in [0.05, 0.1) is 29.7 Å². The molecule has 1 N–H and O–H groups in total. The number of methoxy groups -OCH3 is 1. The predicted octanol–water partition coefficient (Wildman–Crippen LogP) is 4.24. The van der Waals surface area contributed by atoms with Gasteiger partial charge < -0.3 is 14.6 Å². The molecule has 0 atom stereocenters. The first-order chi connectivity index (χ1) is 13.9. The van der Waals surface area contributed by atoms with Crippen LogP contribution in [0.5, 0.6) is 5.75 Å². The molecule has 0 fully saturated rings. The van der Waals surface area contributed by atoms with Crippen LogP contribution in [0.3, 0.4) is 0 Å². The van der Waals surface area contributed by atoms with Gasteiger partial charge in [0.25, 0.3) is 5.91 Å². The SMILES string of the molecule is COc1cc(F)ccc1N1CN(c2ccc(=O)[nH]c2C)C(=O)c2cc(Cl)ccc21. The van der Waals surface area contributed by atoms with Crippen LogP contribution >= 0.6 is 11.6 Å². The van der Waals surface area contributed by atoms with Crippen molar-refractivity contribution in [2.75, 3.05) is 23.6 Å². The van der Waals surface area contributed by atoms with Gasteiger partial charge in [-0.25, -0.2) is 4.39 Å². The number of aromatic nitrogens is 1. The molecule has 0 aliphatic carbocycles. The molecule has 29 heavy (non-hydrogen) atoms. The molecule has 4 rings (SSSR count). The molecule has 0 saturated heterocycles. The van der Waals surface area contributed by atoms with E-state index in [2.05, 4.69) is 4.98 Å². The van der Waals surface area contributed by atoms with E-state index in [1.807, 2.05) is 4.90 Å². The number of aromatic amines is 1. The molecule has 3 aromatic rings. The molecule has 2 heterocycles. The van der Waals surface area contributed by atoms with E-state index in [1.54, 1.807) is 37.3 Å². The normalized spacial score (nSPS) is 13.4. The van der Waals surface area contributed by atoms with Crippen LogP contribution in [0, 0.1) is 12.7 Å². The average molecular weight is 414 g/mol. The highest BCUT2D eigenvalue weighted by Crippen LogP contribution is 2.41. The van der Waals surface area contributed by atoms with Gasteiger partial charge in [0.1, 0.15) is 18.2 Å². The Morgan fingerprint density at radius 1 is 1.00 bits per heavy atom. The fourth-order valence-corrected chi connectivity index (χ4v) is 3.64. The summed E-state index contributed by atoms with van der Waals surface area (Å²) in [4.78, 5) is 30.9. The lowest BCUT2D eigenvalue weighted by molar-refractivity contribution is 0.0983. The smallest absolute Gasteiger partial charge is 0.261 e. The standard InChI is InChI=1S/C21H17ClFN3O3/c1-12-16(7-8-20(27)24-12)26-11-25(18-6-4-14(23)10-19(18)29-2)17-5-3-13(22)9-15(17)21(26)28/h3-10H,11H2,1-2H3,(H,24,27). The maximum atomic E-state index is 13.7. The number of nitrogens with one attached hydrogen (secondary N) is 1. The maximum absolute atomic E-state index is 13.7. The lowest BCUT2D eigenvalue weighted by Gasteiger charge is -2.39. The van der Waals surface area contributed by atoms with E-state index in [-0.39, 0.29) is 18.1 Å². The number of ether oxygens (including phenoxy) is 1. The molecule has 0 saturated carbocycles. The van der Waals surface area contributed by atoms with Crippen LogP contribution in [-0.4, -0.2) is 24.7 Å². The molecule has 148 valence electrons. The minimum atomic E-state index is -0.427. The second-order valence-electron chi connectivity index (χ2n) is 6.61. The lowest BCUT2D eigenvalue weighted by atomic mass is 10.1. The van der Waals surface area contributed by atoms with Crippen molar-refractivity contribution in [1.29, 1.82) is 0 Å². The van der Waals surface area contributed by atoms with E-state index in [9.17, 15) is 14.0 Å². The number of nitrogens with zero attached hydrogens (tertiary/aromatic N) is 2. The van der Waals surface area contributed by atoms with Crippen molar-refractivity contribution in [3.63, 3.8) is 0 Å². The van der Waals surface area contributed by atoms with E-state index >= 15 is 0 Å². The van der Waals surface area contributed by atoms with Crippen molar-refractivity contribution < 1.29 is 13.9 Å². The number of H-pyrrole nitrogens is 1. The number of carbonyl (C=O) groups excluding carboxylic acids is 1. The highest BCUT2D eigenvalue weighted by atomic mass is 35.5. The number of amides is 1. The number of pyridine rings is 1. The van der Waals surface area contributed by atoms with Gasteiger partial charge in [-0.3, -0.25) is 14.5 Å². The van der Waals surface area contributed by atoms with Gasteiger partial charge in [-0.2, -0.15) is 0 Å². The van der Waals surface area contributed by atoms with Crippen molar-refractivity contribution in [3.05, 3.63) is 81.0 Å². The largest absolute Gasteiger partial charge is 0.494 e. The first-order valence-corrected chi connectivity index (χ1v) is 9.19. The van der Waals surface area contributed by atoms with Crippen molar-refractivity contribution in [3.8, 4) is 5.75 Å². The van der Waals surface area contributed by atoms with Crippen molar-refractivity contribution in [1.82, 2.24) is 4.98 Å². The maximum Gasteiger partial charge on any atom is 0.261 e. The third-order valence-electron chi connectivity index (χ3n) is 4.82. The molecule has 0 unspecified atom stereocenters. The van der Waals surface area contributed by atoms with Crippen LogP contribution < -0.4 is 20.1 Å². The molecule has 0 bridgehead atoms. The van der Waals surface area contributed by atoms with E-state index < -0.39 is 5.82 Å². The van der Waals surface area contributed by atoms with Crippen LogP contribution in [0.4, 0.5) is 21.5 Å². The number of aryl methyl sites for hydroxylation is 1. The summed E-state index contributed by atoms with van der Waals surface area (Å²) in [6, 6.07) is 12.2. The molecule has 8 heteroatoms. The molecule has 1 amide bonds. The molecular weight excluding hydrogens is 397 g/mol. The van der Waals surface area contributed by atoms with Crippen molar-refractivity contribution in [2.45, 2.75) is 6.92 Å². The summed E-state index contributed by atoms with van der Waals surface area (Å²) in [5.41, 5.74) is 2.48. The van der Waals surface area contributed by atoms with E-state index in [0.29, 0.717) is 39.1 Å². The van der Waals surface area contributed by atoms with E-state index in [0.717, 1.165) is 0 Å². The van der Waals surface area contributed by atoms with Gasteiger partial charge in [-0.1, -0.05) is 11.6 Å². The summed E-state index contributed by atoms with van der Waals surface area (Å²) in [6.07, 6.45) is 0. The zero-order valence-electron chi connectivity index (χ0n) is 15.7. The Morgan fingerprint density at radius 2 is 1.72 bits per heavy atom. The molecule has 1 aliphatic heterocycles. The number of halogens is 2. The zero-order valence-corrected chi connectivity index (χ0v) is 16.5. The van der Waals surface area contributed by atoms with Crippen molar-refractivity contribution >= 4 is 34.6 Å². The Kier molecular flexibility index (Phi) is 4.76. The van der Waals surface area contributed by atoms with Gasteiger partial charge in [-0.05, 0) is 43.3 Å². The minimum Gasteiger partial charge on any atom is -0.494 e. The van der Waals surface area contributed by atoms with Crippen LogP contribution in [0.25, 0.3) is 0 Å². The fourth-order valence-electron chi connectivity index (χ4n) is 3.47. The van der Waals surface area contributed by atoms with Gasteiger partial charge in [0.2, 0.25) is 5.56 Å². The lowest BCUT2D eigenvalue weighted by Crippen LogP contribution is -2.45. The summed E-state index contributed by atoms with van der Waals surface area (Å²) in [5, 5.41) is 0.420. The molecule has 0 spiro atoms. The topological polar surface area (TPSA) is 65.6 Å². The van der Waals surface area contributed by atoms with E-state index in [1.165, 1.54) is 30.2 Å². The second kappa shape index (κ2) is 7.25. The number of hydrogen-bond acceptors (Lipinski definition) is 4. The minimum absolute atomic E-state index is 0.141. The average Bonchev–Trinajstić information content (AvgIpc) is 2.69. The summed E-state index contributed by atoms with van der Waals surface area (Å²) in [5.74, 6) is -0.350. The molecule has 1 aromatic heterocycles. The Labute approximate surface area is 171 Å². The number of hydrogen-bond donors (Lipinski definition) is 1. The number of benzene rings is 2. The molecule has 0 radical (unpaired) electrons. The Morgan fingerprint density at radius 3 is 2.45 bits per heavy atom. The molecular formula is C21H17ClFN3O3. The van der Waals surface area contributed by atoms with Crippen LogP contribution in [0.15, 0.2) is 53.3 Å². The van der Waals surface area contributed by atoms with Crippen LogP contribution in [0.2, 0.25) is 5.02 Å². The highest BCUT2D eigenvalue weighted by Gasteiger charge is 2.33. The molecule has 1 aliphatic rings. The van der Waals surface area contributed by atoms with Crippen molar-refractivity contribution in [2.24, 2.45) is 0 Å². The quantitative estimate of drug-likeness (QED) is 0.697. The fraction of sp³-hybridized carbons (Fsp3) is 0.143. The summed E-state index contributed by atoms with van der Waals surface area (Å²) in [7, 11) is 1.46.